The highest BCUT2D eigenvalue weighted by Gasteiger charge is 2.31. The lowest BCUT2D eigenvalue weighted by Crippen LogP contribution is -2.41. The monoisotopic (exact) mass is 234 g/mol. The third kappa shape index (κ3) is 2.61. The van der Waals surface area contributed by atoms with Crippen LogP contribution in [0.25, 0.3) is 0 Å². The largest absolute Gasteiger partial charge is 0.494 e. The Bertz CT molecular complexity index is 386. The van der Waals surface area contributed by atoms with Gasteiger partial charge >= 0.3 is 0 Å². The van der Waals surface area contributed by atoms with Gasteiger partial charge in [-0.2, -0.15) is 0 Å². The van der Waals surface area contributed by atoms with E-state index >= 15 is 0 Å². The molecule has 1 aliphatic rings. The van der Waals surface area contributed by atoms with Crippen LogP contribution < -0.4 is 16.2 Å². The molecule has 2 rings (SSSR count). The molecule has 0 aliphatic heterocycles. The molecular weight excluding hydrogens is 212 g/mol. The summed E-state index contributed by atoms with van der Waals surface area (Å²) >= 11 is 0. The molecule has 1 fully saturated rings. The number of hydrogen-bond donors (Lipinski definition) is 2. The summed E-state index contributed by atoms with van der Waals surface area (Å²) in [5, 5.41) is 0. The fourth-order valence-electron chi connectivity index (χ4n) is 2.47. The average Bonchev–Trinajstić information content (AvgIpc) is 2.27. The van der Waals surface area contributed by atoms with Crippen molar-refractivity contribution in [1.82, 2.24) is 0 Å². The summed E-state index contributed by atoms with van der Waals surface area (Å²) < 4.78 is 5.53. The number of aryl methyl sites for hydroxylation is 1. The van der Waals surface area contributed by atoms with E-state index in [2.05, 4.69) is 19.1 Å². The molecule has 0 aromatic heterocycles. The van der Waals surface area contributed by atoms with Crippen LogP contribution in [-0.4, -0.2) is 12.6 Å². The molecule has 1 aromatic rings. The van der Waals surface area contributed by atoms with Crippen LogP contribution in [0.3, 0.4) is 0 Å². The minimum atomic E-state index is 0.115. The number of nitrogens with two attached hydrogens (primary N) is 2. The second-order valence-corrected chi connectivity index (χ2v) is 4.98. The molecule has 0 bridgehead atoms. The summed E-state index contributed by atoms with van der Waals surface area (Å²) in [7, 11) is 0. The fourth-order valence-corrected chi connectivity index (χ4v) is 2.47. The Labute approximate surface area is 103 Å². The van der Waals surface area contributed by atoms with E-state index in [-0.39, 0.29) is 6.04 Å². The van der Waals surface area contributed by atoms with Crippen LogP contribution in [0.15, 0.2) is 18.2 Å². The number of rotatable bonds is 4. The van der Waals surface area contributed by atoms with Crippen LogP contribution in [0.4, 0.5) is 0 Å². The Morgan fingerprint density at radius 1 is 1.41 bits per heavy atom. The maximum atomic E-state index is 6.26. The number of hydrogen-bond acceptors (Lipinski definition) is 3. The van der Waals surface area contributed by atoms with Gasteiger partial charge in [-0.3, -0.25) is 0 Å². The third-order valence-corrected chi connectivity index (χ3v) is 3.60. The summed E-state index contributed by atoms with van der Waals surface area (Å²) in [6.45, 7) is 4.76. The smallest absolute Gasteiger partial charge is 0.122 e. The molecule has 0 radical (unpaired) electrons. The van der Waals surface area contributed by atoms with E-state index in [0.29, 0.717) is 18.6 Å². The van der Waals surface area contributed by atoms with E-state index < -0.39 is 0 Å². The first-order valence-electron chi connectivity index (χ1n) is 6.36. The Morgan fingerprint density at radius 3 is 2.65 bits per heavy atom. The van der Waals surface area contributed by atoms with Crippen molar-refractivity contribution in [2.45, 2.75) is 38.8 Å². The van der Waals surface area contributed by atoms with Gasteiger partial charge in [0.1, 0.15) is 5.75 Å². The van der Waals surface area contributed by atoms with Crippen LogP contribution in [0.5, 0.6) is 5.75 Å². The lowest BCUT2D eigenvalue weighted by atomic mass is 9.74. The van der Waals surface area contributed by atoms with E-state index in [1.165, 1.54) is 5.56 Å². The van der Waals surface area contributed by atoms with Crippen LogP contribution >= 0.6 is 0 Å². The molecule has 0 amide bonds. The number of benzene rings is 1. The van der Waals surface area contributed by atoms with E-state index in [4.69, 9.17) is 16.2 Å². The third-order valence-electron chi connectivity index (χ3n) is 3.60. The topological polar surface area (TPSA) is 61.3 Å². The van der Waals surface area contributed by atoms with Gasteiger partial charge in [-0.25, -0.2) is 0 Å². The molecule has 0 spiro atoms. The summed E-state index contributed by atoms with van der Waals surface area (Å²) in [5.41, 5.74) is 14.4. The maximum absolute atomic E-state index is 6.26. The van der Waals surface area contributed by atoms with Gasteiger partial charge in [-0.05, 0) is 49.8 Å². The Balaban J connectivity index is 2.08. The lowest BCUT2D eigenvalue weighted by Gasteiger charge is -2.37. The molecule has 17 heavy (non-hydrogen) atoms. The Kier molecular flexibility index (Phi) is 3.69. The first kappa shape index (κ1) is 12.4. The fraction of sp³-hybridized carbons (Fsp3) is 0.571. The van der Waals surface area contributed by atoms with Crippen LogP contribution in [0.1, 0.15) is 36.9 Å². The molecule has 1 aliphatic carbocycles. The highest BCUT2D eigenvalue weighted by Crippen LogP contribution is 2.36. The second-order valence-electron chi connectivity index (χ2n) is 4.98. The van der Waals surface area contributed by atoms with Crippen molar-refractivity contribution in [3.63, 3.8) is 0 Å². The normalized spacial score (nSPS) is 25.2. The van der Waals surface area contributed by atoms with Crippen molar-refractivity contribution in [2.24, 2.45) is 17.4 Å². The van der Waals surface area contributed by atoms with Crippen molar-refractivity contribution in [3.8, 4) is 5.75 Å². The first-order chi connectivity index (χ1) is 8.11. The summed E-state index contributed by atoms with van der Waals surface area (Å²) in [6.07, 6.45) is 2.10. The van der Waals surface area contributed by atoms with Gasteiger partial charge < -0.3 is 16.2 Å². The second kappa shape index (κ2) is 5.07. The van der Waals surface area contributed by atoms with Crippen LogP contribution in [0, 0.1) is 12.8 Å². The summed E-state index contributed by atoms with van der Waals surface area (Å²) in [5.74, 6) is 1.50. The molecule has 1 saturated carbocycles. The van der Waals surface area contributed by atoms with Crippen molar-refractivity contribution in [3.05, 3.63) is 29.3 Å². The molecule has 0 heterocycles. The average molecular weight is 234 g/mol. The van der Waals surface area contributed by atoms with E-state index in [1.807, 2.05) is 13.0 Å². The highest BCUT2D eigenvalue weighted by molar-refractivity contribution is 5.37. The molecule has 0 saturated heterocycles. The van der Waals surface area contributed by atoms with Gasteiger partial charge in [-0.15, -0.1) is 0 Å². The van der Waals surface area contributed by atoms with Gasteiger partial charge in [0.25, 0.3) is 0 Å². The van der Waals surface area contributed by atoms with Gasteiger partial charge in [0.05, 0.1) is 6.61 Å². The minimum Gasteiger partial charge on any atom is -0.494 e. The van der Waals surface area contributed by atoms with Crippen LogP contribution in [0.2, 0.25) is 0 Å². The SMILES string of the molecule is CCOc1ccc(C(N)C2CC(N)C2)cc1C. The van der Waals surface area contributed by atoms with Crippen molar-refractivity contribution in [2.75, 3.05) is 6.61 Å². The van der Waals surface area contributed by atoms with E-state index in [1.54, 1.807) is 0 Å². The molecule has 3 nitrogen and oxygen atoms in total. The zero-order valence-electron chi connectivity index (χ0n) is 10.6. The zero-order valence-corrected chi connectivity index (χ0v) is 10.6. The Morgan fingerprint density at radius 2 is 2.12 bits per heavy atom. The first-order valence-corrected chi connectivity index (χ1v) is 6.36. The molecule has 3 heteroatoms. The predicted octanol–water partition coefficient (Wildman–Crippen LogP) is 2.13. The quantitative estimate of drug-likeness (QED) is 0.839. The van der Waals surface area contributed by atoms with Gasteiger partial charge in [-0.1, -0.05) is 12.1 Å². The van der Waals surface area contributed by atoms with Crippen molar-refractivity contribution in [1.29, 1.82) is 0 Å². The number of ether oxygens (including phenoxy) is 1. The minimum absolute atomic E-state index is 0.115. The predicted molar refractivity (Wildman–Crippen MR) is 70.0 cm³/mol. The molecular formula is C14H22N2O. The van der Waals surface area contributed by atoms with Gasteiger partial charge in [0, 0.05) is 12.1 Å². The van der Waals surface area contributed by atoms with Crippen molar-refractivity contribution >= 4 is 0 Å². The highest BCUT2D eigenvalue weighted by atomic mass is 16.5. The molecule has 1 unspecified atom stereocenters. The molecule has 1 aromatic carbocycles. The van der Waals surface area contributed by atoms with Crippen molar-refractivity contribution < 1.29 is 4.74 Å². The standard InChI is InChI=1S/C14H22N2O/c1-3-17-13-5-4-10(6-9(13)2)14(16)11-7-12(15)8-11/h4-6,11-12,14H,3,7-8,15-16H2,1-2H3. The van der Waals surface area contributed by atoms with E-state index in [0.717, 1.165) is 24.2 Å². The zero-order chi connectivity index (χ0) is 12.4. The molecule has 1 atom stereocenters. The Hall–Kier alpha value is -1.06. The maximum Gasteiger partial charge on any atom is 0.122 e. The summed E-state index contributed by atoms with van der Waals surface area (Å²) in [6, 6.07) is 6.71. The molecule has 94 valence electrons. The summed E-state index contributed by atoms with van der Waals surface area (Å²) in [4.78, 5) is 0. The van der Waals surface area contributed by atoms with Crippen LogP contribution in [-0.2, 0) is 0 Å². The lowest BCUT2D eigenvalue weighted by molar-refractivity contribution is 0.224. The molecule has 4 N–H and O–H groups in total. The van der Waals surface area contributed by atoms with Gasteiger partial charge in [0.15, 0.2) is 0 Å². The van der Waals surface area contributed by atoms with Gasteiger partial charge in [0.2, 0.25) is 0 Å². The van der Waals surface area contributed by atoms with E-state index in [9.17, 15) is 0 Å².